The second-order valence-corrected chi connectivity index (χ2v) is 4.73. The van der Waals surface area contributed by atoms with E-state index in [9.17, 15) is 4.79 Å². The molecule has 1 aromatic rings. The molecule has 1 fully saturated rings. The average molecular weight is 236 g/mol. The Morgan fingerprint density at radius 3 is 3.18 bits per heavy atom. The molecular weight excluding hydrogens is 216 g/mol. The van der Waals surface area contributed by atoms with E-state index in [1.165, 1.54) is 0 Å². The molecule has 0 radical (unpaired) electrons. The first-order valence-corrected chi connectivity index (χ1v) is 6.29. The van der Waals surface area contributed by atoms with Gasteiger partial charge in [-0.15, -0.1) is 0 Å². The molecule has 1 aliphatic rings. The van der Waals surface area contributed by atoms with Crippen molar-refractivity contribution in [3.8, 4) is 0 Å². The molecule has 17 heavy (non-hydrogen) atoms. The second kappa shape index (κ2) is 5.87. The van der Waals surface area contributed by atoms with Gasteiger partial charge in [-0.1, -0.05) is 0 Å². The van der Waals surface area contributed by atoms with Crippen molar-refractivity contribution in [2.75, 3.05) is 6.54 Å². The molecule has 4 nitrogen and oxygen atoms in total. The minimum absolute atomic E-state index is 0.181. The maximum atomic E-state index is 11.0. The molecule has 2 atom stereocenters. The normalized spacial score (nSPS) is 21.5. The third-order valence-electron chi connectivity index (χ3n) is 3.20. The standard InChI is InChI=1S/C13H20N2O2/c1-10(4-6-12-3-2-8-17-12)14-9-11-5-7-13(16)15-11/h2-3,8,10-11,14H,4-7,9H2,1H3,(H,15,16). The molecule has 1 amide bonds. The second-order valence-electron chi connectivity index (χ2n) is 4.73. The molecule has 0 saturated carbocycles. The van der Waals surface area contributed by atoms with Crippen molar-refractivity contribution in [1.29, 1.82) is 0 Å². The van der Waals surface area contributed by atoms with Gasteiger partial charge in [-0.2, -0.15) is 0 Å². The molecule has 0 aliphatic carbocycles. The summed E-state index contributed by atoms with van der Waals surface area (Å²) in [5, 5.41) is 6.41. The molecular formula is C13H20N2O2. The van der Waals surface area contributed by atoms with Crippen molar-refractivity contribution >= 4 is 5.91 Å². The van der Waals surface area contributed by atoms with E-state index in [-0.39, 0.29) is 5.91 Å². The first kappa shape index (κ1) is 12.2. The number of hydrogen-bond donors (Lipinski definition) is 2. The maximum Gasteiger partial charge on any atom is 0.220 e. The van der Waals surface area contributed by atoms with Crippen LogP contribution in [0.3, 0.4) is 0 Å². The minimum Gasteiger partial charge on any atom is -0.469 e. The van der Waals surface area contributed by atoms with Gasteiger partial charge in [0.2, 0.25) is 5.91 Å². The third kappa shape index (κ3) is 3.89. The Labute approximate surface area is 102 Å². The predicted molar refractivity (Wildman–Crippen MR) is 65.7 cm³/mol. The Balaban J connectivity index is 1.60. The summed E-state index contributed by atoms with van der Waals surface area (Å²) in [4.78, 5) is 11.0. The number of hydrogen-bond acceptors (Lipinski definition) is 3. The lowest BCUT2D eigenvalue weighted by Gasteiger charge is -2.16. The number of furan rings is 1. The number of amides is 1. The monoisotopic (exact) mass is 236 g/mol. The van der Waals surface area contributed by atoms with E-state index in [0.717, 1.165) is 31.6 Å². The fourth-order valence-electron chi connectivity index (χ4n) is 2.09. The van der Waals surface area contributed by atoms with Crippen LogP contribution in [-0.2, 0) is 11.2 Å². The van der Waals surface area contributed by atoms with Crippen LogP contribution in [0, 0.1) is 0 Å². The molecule has 1 saturated heterocycles. The van der Waals surface area contributed by atoms with Gasteiger partial charge in [0.05, 0.1) is 6.26 Å². The fourth-order valence-corrected chi connectivity index (χ4v) is 2.09. The summed E-state index contributed by atoms with van der Waals surface area (Å²) in [5.74, 6) is 1.22. The number of carbonyl (C=O) groups excluding carboxylic acids is 1. The zero-order chi connectivity index (χ0) is 12.1. The molecule has 2 N–H and O–H groups in total. The van der Waals surface area contributed by atoms with Crippen molar-refractivity contribution in [2.24, 2.45) is 0 Å². The summed E-state index contributed by atoms with van der Waals surface area (Å²) in [6.45, 7) is 3.03. The summed E-state index contributed by atoms with van der Waals surface area (Å²) < 4.78 is 5.29. The highest BCUT2D eigenvalue weighted by Gasteiger charge is 2.20. The van der Waals surface area contributed by atoms with Crippen LogP contribution in [0.2, 0.25) is 0 Å². The van der Waals surface area contributed by atoms with Gasteiger partial charge < -0.3 is 15.1 Å². The lowest BCUT2D eigenvalue weighted by Crippen LogP contribution is -2.39. The molecule has 1 aliphatic heterocycles. The van der Waals surface area contributed by atoms with Gasteiger partial charge in [0.25, 0.3) is 0 Å². The summed E-state index contributed by atoms with van der Waals surface area (Å²) in [6, 6.07) is 4.68. The van der Waals surface area contributed by atoms with E-state index < -0.39 is 0 Å². The summed E-state index contributed by atoms with van der Waals surface area (Å²) in [6.07, 6.45) is 5.34. The lowest BCUT2D eigenvalue weighted by molar-refractivity contribution is -0.119. The molecule has 1 aromatic heterocycles. The van der Waals surface area contributed by atoms with Gasteiger partial charge >= 0.3 is 0 Å². The van der Waals surface area contributed by atoms with Crippen LogP contribution in [0.5, 0.6) is 0 Å². The largest absolute Gasteiger partial charge is 0.469 e. The van der Waals surface area contributed by atoms with Crippen molar-refractivity contribution < 1.29 is 9.21 Å². The SMILES string of the molecule is CC(CCc1ccco1)NCC1CCC(=O)N1. The minimum atomic E-state index is 0.181. The molecule has 2 heterocycles. The lowest BCUT2D eigenvalue weighted by atomic mass is 10.1. The number of carbonyl (C=O) groups is 1. The summed E-state index contributed by atoms with van der Waals surface area (Å²) in [5.41, 5.74) is 0. The number of rotatable bonds is 6. The predicted octanol–water partition coefficient (Wildman–Crippen LogP) is 1.47. The Kier molecular flexibility index (Phi) is 4.20. The molecule has 0 spiro atoms. The van der Waals surface area contributed by atoms with Crippen LogP contribution in [-0.4, -0.2) is 24.5 Å². The first-order valence-electron chi connectivity index (χ1n) is 6.29. The Morgan fingerprint density at radius 1 is 1.65 bits per heavy atom. The Hall–Kier alpha value is -1.29. The Morgan fingerprint density at radius 2 is 2.53 bits per heavy atom. The van der Waals surface area contributed by atoms with Crippen molar-refractivity contribution in [2.45, 2.75) is 44.7 Å². The van der Waals surface area contributed by atoms with Crippen LogP contribution < -0.4 is 10.6 Å². The van der Waals surface area contributed by atoms with Crippen LogP contribution in [0.4, 0.5) is 0 Å². The fraction of sp³-hybridized carbons (Fsp3) is 0.615. The van der Waals surface area contributed by atoms with E-state index in [0.29, 0.717) is 18.5 Å². The molecule has 2 rings (SSSR count). The molecule has 0 aromatic carbocycles. The zero-order valence-corrected chi connectivity index (χ0v) is 10.2. The maximum absolute atomic E-state index is 11.0. The van der Waals surface area contributed by atoms with Crippen LogP contribution in [0.25, 0.3) is 0 Å². The van der Waals surface area contributed by atoms with Crippen molar-refractivity contribution in [3.63, 3.8) is 0 Å². The van der Waals surface area contributed by atoms with E-state index >= 15 is 0 Å². The average Bonchev–Trinajstić information content (AvgIpc) is 2.95. The van der Waals surface area contributed by atoms with Gasteiger partial charge in [0.1, 0.15) is 5.76 Å². The first-order chi connectivity index (χ1) is 8.24. The van der Waals surface area contributed by atoms with Crippen LogP contribution in [0.15, 0.2) is 22.8 Å². The van der Waals surface area contributed by atoms with Gasteiger partial charge in [0.15, 0.2) is 0 Å². The van der Waals surface area contributed by atoms with E-state index in [1.807, 2.05) is 12.1 Å². The van der Waals surface area contributed by atoms with E-state index in [2.05, 4.69) is 17.6 Å². The molecule has 0 bridgehead atoms. The molecule has 2 unspecified atom stereocenters. The van der Waals surface area contributed by atoms with Crippen LogP contribution >= 0.6 is 0 Å². The zero-order valence-electron chi connectivity index (χ0n) is 10.2. The highest BCUT2D eigenvalue weighted by molar-refractivity contribution is 5.78. The molecule has 4 heteroatoms. The highest BCUT2D eigenvalue weighted by Crippen LogP contribution is 2.08. The number of aryl methyl sites for hydroxylation is 1. The van der Waals surface area contributed by atoms with E-state index in [4.69, 9.17) is 4.42 Å². The van der Waals surface area contributed by atoms with Gasteiger partial charge in [0, 0.05) is 31.5 Å². The van der Waals surface area contributed by atoms with Gasteiger partial charge in [-0.05, 0) is 31.9 Å². The van der Waals surface area contributed by atoms with E-state index in [1.54, 1.807) is 6.26 Å². The molecule has 94 valence electrons. The van der Waals surface area contributed by atoms with Crippen LogP contribution in [0.1, 0.15) is 31.9 Å². The van der Waals surface area contributed by atoms with Gasteiger partial charge in [-0.25, -0.2) is 0 Å². The highest BCUT2D eigenvalue weighted by atomic mass is 16.3. The van der Waals surface area contributed by atoms with Crippen molar-refractivity contribution in [1.82, 2.24) is 10.6 Å². The van der Waals surface area contributed by atoms with Crippen molar-refractivity contribution in [3.05, 3.63) is 24.2 Å². The smallest absolute Gasteiger partial charge is 0.220 e. The topological polar surface area (TPSA) is 54.3 Å². The summed E-state index contributed by atoms with van der Waals surface area (Å²) in [7, 11) is 0. The van der Waals surface area contributed by atoms with Gasteiger partial charge in [-0.3, -0.25) is 4.79 Å². The third-order valence-corrected chi connectivity index (χ3v) is 3.20. The summed E-state index contributed by atoms with van der Waals surface area (Å²) >= 11 is 0. The number of nitrogens with one attached hydrogen (secondary N) is 2. The quantitative estimate of drug-likeness (QED) is 0.786. The Bertz CT molecular complexity index is 348.